The van der Waals surface area contributed by atoms with Crippen molar-refractivity contribution in [3.63, 3.8) is 0 Å². The van der Waals surface area contributed by atoms with Crippen molar-refractivity contribution in [1.29, 1.82) is 0 Å². The number of rotatable bonds is 4. The first-order valence-corrected chi connectivity index (χ1v) is 10.5. The van der Waals surface area contributed by atoms with Crippen LogP contribution in [-0.4, -0.2) is 26.0 Å². The van der Waals surface area contributed by atoms with Crippen LogP contribution in [0.4, 0.5) is 24.7 Å². The average molecular weight is 442 g/mol. The Kier molecular flexibility index (Phi) is 5.28. The second-order valence-electron chi connectivity index (χ2n) is 7.93. The molecule has 2 aliphatic rings. The molecule has 0 bridgehead atoms. The Balaban J connectivity index is 1.25. The minimum Gasteiger partial charge on any atom is -0.474 e. The van der Waals surface area contributed by atoms with Crippen molar-refractivity contribution >= 4 is 11.5 Å². The van der Waals surface area contributed by atoms with Crippen molar-refractivity contribution in [1.82, 2.24) is 19.9 Å². The number of nitrogens with zero attached hydrogens (tertiary/aromatic N) is 4. The zero-order valence-electron chi connectivity index (χ0n) is 17.1. The molecule has 0 saturated heterocycles. The molecular formula is C22H21F3N6O. The van der Waals surface area contributed by atoms with E-state index in [1.807, 2.05) is 12.1 Å². The Hall–Kier alpha value is -3.43. The number of anilines is 2. The van der Waals surface area contributed by atoms with Gasteiger partial charge in [-0.2, -0.15) is 13.2 Å². The van der Waals surface area contributed by atoms with Crippen molar-refractivity contribution in [3.8, 4) is 17.1 Å². The largest absolute Gasteiger partial charge is 0.474 e. The van der Waals surface area contributed by atoms with Crippen LogP contribution in [0.15, 0.2) is 43.0 Å². The van der Waals surface area contributed by atoms with Crippen LogP contribution < -0.4 is 15.4 Å². The van der Waals surface area contributed by atoms with Gasteiger partial charge in [0.15, 0.2) is 5.82 Å². The molecule has 4 heterocycles. The van der Waals surface area contributed by atoms with E-state index in [9.17, 15) is 13.2 Å². The molecule has 5 rings (SSSR count). The third-order valence-electron chi connectivity index (χ3n) is 5.64. The van der Waals surface area contributed by atoms with Gasteiger partial charge in [-0.3, -0.25) is 9.97 Å². The molecule has 1 aliphatic carbocycles. The van der Waals surface area contributed by atoms with Gasteiger partial charge in [0.1, 0.15) is 18.0 Å². The number of pyridine rings is 2. The van der Waals surface area contributed by atoms with Crippen molar-refractivity contribution in [3.05, 3.63) is 54.2 Å². The predicted octanol–water partition coefficient (Wildman–Crippen LogP) is 5.20. The van der Waals surface area contributed by atoms with E-state index in [2.05, 4.69) is 30.6 Å². The second kappa shape index (κ2) is 8.25. The molecule has 1 fully saturated rings. The van der Waals surface area contributed by atoms with Crippen LogP contribution >= 0.6 is 0 Å². The maximum Gasteiger partial charge on any atom is 0.417 e. The highest BCUT2D eigenvalue weighted by atomic mass is 19.4. The maximum atomic E-state index is 12.9. The number of ether oxygens (including phenoxy) is 1. The van der Waals surface area contributed by atoms with Crippen LogP contribution in [0.5, 0.6) is 5.88 Å². The van der Waals surface area contributed by atoms with Crippen LogP contribution in [0.2, 0.25) is 0 Å². The average Bonchev–Trinajstić information content (AvgIpc) is 3.23. The van der Waals surface area contributed by atoms with E-state index >= 15 is 0 Å². The molecule has 0 amide bonds. The summed E-state index contributed by atoms with van der Waals surface area (Å²) in [6.45, 7) is 0. The molecule has 1 atom stereocenters. The third kappa shape index (κ3) is 4.30. The van der Waals surface area contributed by atoms with Crippen molar-refractivity contribution in [2.45, 2.75) is 50.6 Å². The fourth-order valence-electron chi connectivity index (χ4n) is 3.91. The molecule has 3 aromatic rings. The quantitative estimate of drug-likeness (QED) is 0.574. The summed E-state index contributed by atoms with van der Waals surface area (Å²) in [4.78, 5) is 17.1. The molecule has 3 aromatic heterocycles. The normalized spacial score (nSPS) is 18.5. The second-order valence-corrected chi connectivity index (χ2v) is 7.93. The number of halogens is 3. The number of alkyl halides is 3. The lowest BCUT2D eigenvalue weighted by molar-refractivity contribution is -0.137. The molecule has 2 N–H and O–H groups in total. The fourth-order valence-corrected chi connectivity index (χ4v) is 3.91. The predicted molar refractivity (Wildman–Crippen MR) is 112 cm³/mol. The first-order valence-electron chi connectivity index (χ1n) is 10.5. The topological polar surface area (TPSA) is 84.9 Å². The molecule has 0 aromatic carbocycles. The van der Waals surface area contributed by atoms with E-state index in [0.29, 0.717) is 23.1 Å². The molecule has 0 spiro atoms. The summed E-state index contributed by atoms with van der Waals surface area (Å²) in [5.74, 6) is 0.944. The van der Waals surface area contributed by atoms with Crippen molar-refractivity contribution in [2.75, 3.05) is 10.6 Å². The number of hydrogen-bond donors (Lipinski definition) is 2. The van der Waals surface area contributed by atoms with E-state index in [4.69, 9.17) is 4.74 Å². The summed E-state index contributed by atoms with van der Waals surface area (Å²) in [7, 11) is 0. The van der Waals surface area contributed by atoms with E-state index < -0.39 is 17.9 Å². The molecule has 0 radical (unpaired) electrons. The molecule has 1 aliphatic heterocycles. The van der Waals surface area contributed by atoms with Crippen LogP contribution in [-0.2, 0) is 6.18 Å². The standard InChI is InChI=1S/C22H21F3N6O/c23-22(24,25)14-8-16-20(29-10-14)31-21(30-16)18-12-26-17(11-27-18)13-6-7-19(28-9-13)32-15-4-2-1-3-5-15/h6-12,15,21,30H,1-5H2,(H,29,31). The van der Waals surface area contributed by atoms with Gasteiger partial charge in [0, 0.05) is 24.0 Å². The monoisotopic (exact) mass is 442 g/mol. The highest BCUT2D eigenvalue weighted by molar-refractivity contribution is 5.71. The Labute approximate surface area is 182 Å². The lowest BCUT2D eigenvalue weighted by Crippen LogP contribution is -2.20. The number of nitrogens with one attached hydrogen (secondary N) is 2. The minimum atomic E-state index is -4.45. The summed E-state index contributed by atoms with van der Waals surface area (Å²) >= 11 is 0. The molecule has 32 heavy (non-hydrogen) atoms. The fraction of sp³-hybridized carbons (Fsp3) is 0.364. The van der Waals surface area contributed by atoms with Crippen LogP contribution in [0.3, 0.4) is 0 Å². The minimum absolute atomic E-state index is 0.235. The summed E-state index contributed by atoms with van der Waals surface area (Å²) < 4.78 is 44.7. The SMILES string of the molecule is FC(F)(F)c1cnc2c(c1)NC(c1cnc(-c3ccc(OC4CCCCC4)nc3)cn1)N2. The van der Waals surface area contributed by atoms with Crippen molar-refractivity contribution in [2.24, 2.45) is 0 Å². The van der Waals surface area contributed by atoms with E-state index in [-0.39, 0.29) is 11.8 Å². The van der Waals surface area contributed by atoms with Gasteiger partial charge in [0.25, 0.3) is 0 Å². The van der Waals surface area contributed by atoms with Crippen LogP contribution in [0, 0.1) is 0 Å². The summed E-state index contributed by atoms with van der Waals surface area (Å²) in [6.07, 6.45) is 6.74. The van der Waals surface area contributed by atoms with E-state index in [0.717, 1.165) is 30.7 Å². The summed E-state index contributed by atoms with van der Waals surface area (Å²) in [5.41, 5.74) is 1.43. The van der Waals surface area contributed by atoms with Gasteiger partial charge in [0.2, 0.25) is 5.88 Å². The zero-order chi connectivity index (χ0) is 22.1. The van der Waals surface area contributed by atoms with E-state index in [1.165, 1.54) is 19.3 Å². The van der Waals surface area contributed by atoms with Gasteiger partial charge in [-0.15, -0.1) is 0 Å². The Morgan fingerprint density at radius 3 is 2.41 bits per heavy atom. The van der Waals surface area contributed by atoms with E-state index in [1.54, 1.807) is 18.6 Å². The number of hydrogen-bond acceptors (Lipinski definition) is 7. The highest BCUT2D eigenvalue weighted by Gasteiger charge is 2.33. The molecule has 1 unspecified atom stereocenters. The third-order valence-corrected chi connectivity index (χ3v) is 5.64. The first-order chi connectivity index (χ1) is 15.5. The maximum absolute atomic E-state index is 12.9. The lowest BCUT2D eigenvalue weighted by Gasteiger charge is -2.22. The number of fused-ring (bicyclic) bond motifs is 1. The van der Waals surface area contributed by atoms with Crippen LogP contribution in [0.25, 0.3) is 11.3 Å². The Morgan fingerprint density at radius 2 is 1.72 bits per heavy atom. The molecule has 7 nitrogen and oxygen atoms in total. The summed E-state index contributed by atoms with van der Waals surface area (Å²) in [5, 5.41) is 5.98. The molecular weight excluding hydrogens is 421 g/mol. The highest BCUT2D eigenvalue weighted by Crippen LogP contribution is 2.37. The summed E-state index contributed by atoms with van der Waals surface area (Å²) in [6, 6.07) is 4.75. The first kappa shape index (κ1) is 20.5. The van der Waals surface area contributed by atoms with Crippen molar-refractivity contribution < 1.29 is 17.9 Å². The zero-order valence-corrected chi connectivity index (χ0v) is 17.1. The van der Waals surface area contributed by atoms with Gasteiger partial charge in [0.05, 0.1) is 29.3 Å². The molecule has 10 heteroatoms. The van der Waals surface area contributed by atoms with Gasteiger partial charge < -0.3 is 15.4 Å². The number of aromatic nitrogens is 4. The smallest absolute Gasteiger partial charge is 0.417 e. The molecule has 166 valence electrons. The van der Waals surface area contributed by atoms with Gasteiger partial charge in [-0.1, -0.05) is 6.42 Å². The van der Waals surface area contributed by atoms with Gasteiger partial charge in [-0.25, -0.2) is 9.97 Å². The Bertz CT molecular complexity index is 1080. The Morgan fingerprint density at radius 1 is 0.875 bits per heavy atom. The van der Waals surface area contributed by atoms with Gasteiger partial charge in [-0.05, 0) is 37.8 Å². The van der Waals surface area contributed by atoms with Gasteiger partial charge >= 0.3 is 6.18 Å². The molecule has 1 saturated carbocycles. The lowest BCUT2D eigenvalue weighted by atomic mass is 9.98. The van der Waals surface area contributed by atoms with Crippen LogP contribution in [0.1, 0.15) is 49.5 Å².